The fraction of sp³-hybridized carbons (Fsp3) is 0.167. The number of hydrogen-bond donors (Lipinski definition) is 1. The molecule has 1 aromatic carbocycles. The molecule has 1 N–H and O–H groups in total. The van der Waals surface area contributed by atoms with Crippen LogP contribution < -0.4 is 0 Å². The number of nitrogens with zero attached hydrogens (tertiary/aromatic N) is 6. The summed E-state index contributed by atoms with van der Waals surface area (Å²) in [5.41, 5.74) is 1.20. The Morgan fingerprint density at radius 2 is 2.04 bits per heavy atom. The van der Waals surface area contributed by atoms with Crippen molar-refractivity contribution in [2.45, 2.75) is 19.8 Å². The average Bonchev–Trinajstić information content (AvgIpc) is 3.10. The minimum Gasteiger partial charge on any atom is -0.411 e. The van der Waals surface area contributed by atoms with Crippen molar-refractivity contribution < 1.29 is 14.0 Å². The molecule has 27 heavy (non-hydrogen) atoms. The molecule has 0 bridgehead atoms. The van der Waals surface area contributed by atoms with E-state index in [1.165, 1.54) is 16.8 Å². The highest BCUT2D eigenvalue weighted by molar-refractivity contribution is 5.96. The van der Waals surface area contributed by atoms with Crippen molar-refractivity contribution in [1.29, 1.82) is 0 Å². The lowest BCUT2D eigenvalue weighted by molar-refractivity contribution is 0.319. The Labute approximate surface area is 152 Å². The SMILES string of the molecule is C/C(=N\O)c1ccc2nnc([C@@H](C)c3c(F)cc4ncccc4c3F)n2n1. The zero-order chi connectivity index (χ0) is 19.1. The second kappa shape index (κ2) is 6.35. The third kappa shape index (κ3) is 2.67. The van der Waals surface area contributed by atoms with Gasteiger partial charge in [-0.05, 0) is 31.2 Å². The molecule has 7 nitrogen and oxygen atoms in total. The Morgan fingerprint density at radius 1 is 1.22 bits per heavy atom. The van der Waals surface area contributed by atoms with Gasteiger partial charge in [0.1, 0.15) is 23.0 Å². The molecule has 0 saturated carbocycles. The van der Waals surface area contributed by atoms with Gasteiger partial charge in [0.15, 0.2) is 11.5 Å². The van der Waals surface area contributed by atoms with Crippen molar-refractivity contribution in [3.63, 3.8) is 0 Å². The Morgan fingerprint density at radius 3 is 2.81 bits per heavy atom. The van der Waals surface area contributed by atoms with E-state index >= 15 is 4.39 Å². The molecule has 0 amide bonds. The van der Waals surface area contributed by atoms with Crippen LogP contribution in [0.3, 0.4) is 0 Å². The maximum Gasteiger partial charge on any atom is 0.177 e. The summed E-state index contributed by atoms with van der Waals surface area (Å²) in [7, 11) is 0. The number of aromatic nitrogens is 5. The summed E-state index contributed by atoms with van der Waals surface area (Å²) in [6.45, 7) is 3.21. The minimum atomic E-state index is -0.765. The van der Waals surface area contributed by atoms with Gasteiger partial charge in [-0.3, -0.25) is 4.98 Å². The van der Waals surface area contributed by atoms with Crippen molar-refractivity contribution in [1.82, 2.24) is 24.8 Å². The quantitative estimate of drug-likeness (QED) is 0.340. The van der Waals surface area contributed by atoms with E-state index in [1.54, 1.807) is 38.1 Å². The first kappa shape index (κ1) is 17.0. The Hall–Kier alpha value is -3.49. The van der Waals surface area contributed by atoms with E-state index < -0.39 is 17.6 Å². The molecule has 0 unspecified atom stereocenters. The van der Waals surface area contributed by atoms with Gasteiger partial charge in [0.05, 0.1) is 5.52 Å². The second-order valence-corrected chi connectivity index (χ2v) is 6.11. The first-order valence-electron chi connectivity index (χ1n) is 8.15. The number of fused-ring (bicyclic) bond motifs is 2. The maximum atomic E-state index is 15.0. The van der Waals surface area contributed by atoms with E-state index in [1.807, 2.05) is 0 Å². The molecular weight excluding hydrogens is 354 g/mol. The molecule has 0 spiro atoms. The zero-order valence-corrected chi connectivity index (χ0v) is 14.4. The Bertz CT molecular complexity index is 1200. The van der Waals surface area contributed by atoms with Gasteiger partial charge in [-0.15, -0.1) is 10.2 Å². The first-order valence-corrected chi connectivity index (χ1v) is 8.15. The summed E-state index contributed by atoms with van der Waals surface area (Å²) < 4.78 is 31.1. The summed E-state index contributed by atoms with van der Waals surface area (Å²) in [5, 5.41) is 24.7. The second-order valence-electron chi connectivity index (χ2n) is 6.11. The predicted molar refractivity (Wildman–Crippen MR) is 94.0 cm³/mol. The van der Waals surface area contributed by atoms with Crippen LogP contribution in [0.15, 0.2) is 41.7 Å². The van der Waals surface area contributed by atoms with E-state index in [0.29, 0.717) is 17.1 Å². The third-order valence-corrected chi connectivity index (χ3v) is 4.46. The molecule has 0 aliphatic carbocycles. The van der Waals surface area contributed by atoms with Gasteiger partial charge in [0.2, 0.25) is 0 Å². The molecule has 0 radical (unpaired) electrons. The van der Waals surface area contributed by atoms with Crippen molar-refractivity contribution in [2.24, 2.45) is 5.16 Å². The van der Waals surface area contributed by atoms with Crippen LogP contribution in [0.2, 0.25) is 0 Å². The van der Waals surface area contributed by atoms with Crippen molar-refractivity contribution >= 4 is 22.3 Å². The monoisotopic (exact) mass is 368 g/mol. The van der Waals surface area contributed by atoms with Gasteiger partial charge in [-0.25, -0.2) is 8.78 Å². The van der Waals surface area contributed by atoms with E-state index in [9.17, 15) is 4.39 Å². The summed E-state index contributed by atoms with van der Waals surface area (Å²) in [6, 6.07) is 7.60. The fourth-order valence-corrected chi connectivity index (χ4v) is 3.01. The normalized spacial score (nSPS) is 13.4. The van der Waals surface area contributed by atoms with Crippen LogP contribution in [-0.4, -0.2) is 35.7 Å². The molecule has 3 aromatic heterocycles. The van der Waals surface area contributed by atoms with Gasteiger partial charge in [-0.2, -0.15) is 9.61 Å². The third-order valence-electron chi connectivity index (χ3n) is 4.46. The average molecular weight is 368 g/mol. The summed E-state index contributed by atoms with van der Waals surface area (Å²) >= 11 is 0. The molecule has 3 heterocycles. The van der Waals surface area contributed by atoms with Gasteiger partial charge in [0.25, 0.3) is 0 Å². The number of rotatable bonds is 3. The fourth-order valence-electron chi connectivity index (χ4n) is 3.01. The lowest BCUT2D eigenvalue weighted by Gasteiger charge is -2.14. The van der Waals surface area contributed by atoms with Crippen molar-refractivity contribution in [2.75, 3.05) is 0 Å². The number of benzene rings is 1. The van der Waals surface area contributed by atoms with Crippen molar-refractivity contribution in [3.05, 3.63) is 65.2 Å². The van der Waals surface area contributed by atoms with Crippen LogP contribution >= 0.6 is 0 Å². The molecule has 1 atom stereocenters. The van der Waals surface area contributed by atoms with Crippen molar-refractivity contribution in [3.8, 4) is 0 Å². The van der Waals surface area contributed by atoms with Crippen LogP contribution in [0.25, 0.3) is 16.6 Å². The molecule has 9 heteroatoms. The van der Waals surface area contributed by atoms with E-state index in [4.69, 9.17) is 5.21 Å². The molecule has 4 aromatic rings. The highest BCUT2D eigenvalue weighted by atomic mass is 19.1. The predicted octanol–water partition coefficient (Wildman–Crippen LogP) is 3.30. The van der Waals surface area contributed by atoms with Gasteiger partial charge in [-0.1, -0.05) is 12.1 Å². The maximum absolute atomic E-state index is 15.0. The standard InChI is InChI=1S/C18H14F2N6O/c1-9(16-12(19)8-14-11(17(16)20)4-3-7-21-14)18-23-22-15-6-5-13(10(2)25-27)24-26(15)18/h3-9,27H,1-2H3/b25-10+/t9-/m0/s1. The van der Waals surface area contributed by atoms with Gasteiger partial charge in [0, 0.05) is 29.1 Å². The van der Waals surface area contributed by atoms with Gasteiger partial charge < -0.3 is 5.21 Å². The summed E-state index contributed by atoms with van der Waals surface area (Å²) in [5.74, 6) is -1.91. The number of oxime groups is 1. The highest BCUT2D eigenvalue weighted by Gasteiger charge is 2.25. The molecular formula is C18H14F2N6O. The highest BCUT2D eigenvalue weighted by Crippen LogP contribution is 2.31. The van der Waals surface area contributed by atoms with Gasteiger partial charge >= 0.3 is 0 Å². The van der Waals surface area contributed by atoms with Crippen LogP contribution in [0.4, 0.5) is 8.78 Å². The number of halogens is 2. The lowest BCUT2D eigenvalue weighted by atomic mass is 9.97. The molecule has 0 fully saturated rings. The van der Waals surface area contributed by atoms with Crippen LogP contribution in [0.1, 0.15) is 36.8 Å². The molecule has 0 saturated heterocycles. The van der Waals surface area contributed by atoms with E-state index in [0.717, 1.165) is 0 Å². The Kier molecular flexibility index (Phi) is 3.98. The lowest BCUT2D eigenvalue weighted by Crippen LogP contribution is -2.11. The van der Waals surface area contributed by atoms with Crippen LogP contribution in [0.5, 0.6) is 0 Å². The zero-order valence-electron chi connectivity index (χ0n) is 14.4. The largest absolute Gasteiger partial charge is 0.411 e. The van der Waals surface area contributed by atoms with Crippen LogP contribution in [-0.2, 0) is 0 Å². The van der Waals surface area contributed by atoms with Crippen LogP contribution in [0, 0.1) is 11.6 Å². The smallest absolute Gasteiger partial charge is 0.177 e. The molecule has 136 valence electrons. The number of hydrogen-bond acceptors (Lipinski definition) is 6. The molecule has 0 aliphatic rings. The van der Waals surface area contributed by atoms with E-state index in [-0.39, 0.29) is 22.3 Å². The Balaban J connectivity index is 1.91. The first-order chi connectivity index (χ1) is 13.0. The number of pyridine rings is 1. The summed E-state index contributed by atoms with van der Waals surface area (Å²) in [4.78, 5) is 3.99. The molecule has 0 aliphatic heterocycles. The molecule has 4 rings (SSSR count). The topological polar surface area (TPSA) is 88.6 Å². The van der Waals surface area contributed by atoms with E-state index in [2.05, 4.69) is 25.4 Å². The summed E-state index contributed by atoms with van der Waals surface area (Å²) in [6.07, 6.45) is 1.48. The minimum absolute atomic E-state index is 0.135.